The molecule has 0 N–H and O–H groups in total. The average molecular weight is 188 g/mol. The average Bonchev–Trinajstić information content (AvgIpc) is 2.26. The molecule has 14 heavy (non-hydrogen) atoms. The zero-order valence-electron chi connectivity index (χ0n) is 8.57. The van der Waals surface area contributed by atoms with Gasteiger partial charge in [0, 0.05) is 5.92 Å². The van der Waals surface area contributed by atoms with Gasteiger partial charge in [0.2, 0.25) is 0 Å². The molecule has 0 radical (unpaired) electrons. The van der Waals surface area contributed by atoms with Crippen molar-refractivity contribution < 1.29 is 4.79 Å². The van der Waals surface area contributed by atoms with Gasteiger partial charge in [-0.2, -0.15) is 0 Å². The number of rotatable bonds is 5. The van der Waals surface area contributed by atoms with Crippen LogP contribution in [0.15, 0.2) is 36.9 Å². The number of aryl methyl sites for hydroxylation is 1. The quantitative estimate of drug-likeness (QED) is 0.513. The van der Waals surface area contributed by atoms with Crippen LogP contribution in [0.25, 0.3) is 0 Å². The molecule has 0 bridgehead atoms. The second-order valence-electron chi connectivity index (χ2n) is 3.41. The minimum atomic E-state index is -0.0533. The fourth-order valence-corrected chi connectivity index (χ4v) is 1.37. The van der Waals surface area contributed by atoms with E-state index in [2.05, 4.69) is 37.8 Å². The molecule has 0 aliphatic heterocycles. The van der Waals surface area contributed by atoms with E-state index in [1.165, 1.54) is 11.1 Å². The fourth-order valence-electron chi connectivity index (χ4n) is 1.37. The maximum atomic E-state index is 10.6. The smallest absolute Gasteiger partial charge is 0.127 e. The number of carbonyl (C=O) groups is 1. The summed E-state index contributed by atoms with van der Waals surface area (Å²) < 4.78 is 0. The Bertz CT molecular complexity index is 290. The summed E-state index contributed by atoms with van der Waals surface area (Å²) in [5.41, 5.74) is 2.52. The van der Waals surface area contributed by atoms with Gasteiger partial charge in [0.1, 0.15) is 6.29 Å². The minimum absolute atomic E-state index is 0.0533. The molecule has 0 aromatic heterocycles. The monoisotopic (exact) mass is 188 g/mol. The first-order valence-electron chi connectivity index (χ1n) is 4.95. The number of hydrogen-bond donors (Lipinski definition) is 0. The second-order valence-corrected chi connectivity index (χ2v) is 3.41. The van der Waals surface area contributed by atoms with Gasteiger partial charge in [-0.3, -0.25) is 0 Å². The largest absolute Gasteiger partial charge is 0.303 e. The molecule has 1 nitrogen and oxygen atoms in total. The van der Waals surface area contributed by atoms with Crippen molar-refractivity contribution in [2.45, 2.75) is 19.8 Å². The fraction of sp³-hybridized carbons (Fsp3) is 0.308. The lowest BCUT2D eigenvalue weighted by Gasteiger charge is -2.05. The summed E-state index contributed by atoms with van der Waals surface area (Å²) >= 11 is 0. The van der Waals surface area contributed by atoms with E-state index >= 15 is 0 Å². The van der Waals surface area contributed by atoms with Crippen LogP contribution in [0.4, 0.5) is 0 Å². The van der Waals surface area contributed by atoms with Crippen LogP contribution in [-0.2, 0) is 17.6 Å². The Balaban J connectivity index is 2.67. The van der Waals surface area contributed by atoms with E-state index in [1.807, 2.05) is 0 Å². The van der Waals surface area contributed by atoms with Crippen molar-refractivity contribution in [3.63, 3.8) is 0 Å². The maximum absolute atomic E-state index is 10.6. The van der Waals surface area contributed by atoms with E-state index in [1.54, 1.807) is 6.08 Å². The van der Waals surface area contributed by atoms with Crippen LogP contribution in [0.5, 0.6) is 0 Å². The molecule has 1 atom stereocenters. The Morgan fingerprint density at radius 1 is 1.29 bits per heavy atom. The highest BCUT2D eigenvalue weighted by atomic mass is 16.1. The van der Waals surface area contributed by atoms with Crippen LogP contribution in [0.2, 0.25) is 0 Å². The van der Waals surface area contributed by atoms with Crippen molar-refractivity contribution in [2.75, 3.05) is 0 Å². The molecule has 1 aromatic carbocycles. The van der Waals surface area contributed by atoms with E-state index in [-0.39, 0.29) is 5.92 Å². The molecule has 0 saturated heterocycles. The third-order valence-electron chi connectivity index (χ3n) is 2.38. The molecule has 0 heterocycles. The van der Waals surface area contributed by atoms with Gasteiger partial charge in [0.05, 0.1) is 0 Å². The number of carbonyl (C=O) groups excluding carboxylic acids is 1. The molecule has 0 spiro atoms. The highest BCUT2D eigenvalue weighted by Crippen LogP contribution is 2.10. The summed E-state index contributed by atoms with van der Waals surface area (Å²) in [6, 6.07) is 8.39. The molecule has 74 valence electrons. The molecule has 1 aromatic rings. The first-order valence-corrected chi connectivity index (χ1v) is 4.95. The Kier molecular flexibility index (Phi) is 4.11. The van der Waals surface area contributed by atoms with Gasteiger partial charge < -0.3 is 4.79 Å². The lowest BCUT2D eigenvalue weighted by atomic mass is 9.99. The predicted octanol–water partition coefficient (Wildman–Crippen LogP) is 2.79. The molecule has 0 amide bonds. The predicted molar refractivity (Wildman–Crippen MR) is 59.3 cm³/mol. The molecule has 1 unspecified atom stereocenters. The summed E-state index contributed by atoms with van der Waals surface area (Å²) in [6.45, 7) is 5.76. The van der Waals surface area contributed by atoms with Gasteiger partial charge in [-0.05, 0) is 24.0 Å². The summed E-state index contributed by atoms with van der Waals surface area (Å²) in [4.78, 5) is 10.6. The summed E-state index contributed by atoms with van der Waals surface area (Å²) in [5, 5.41) is 0. The van der Waals surface area contributed by atoms with Crippen LogP contribution in [-0.4, -0.2) is 6.29 Å². The Hall–Kier alpha value is -1.37. The number of benzene rings is 1. The number of aldehydes is 1. The Morgan fingerprint density at radius 3 is 2.29 bits per heavy atom. The molecular weight excluding hydrogens is 172 g/mol. The van der Waals surface area contributed by atoms with E-state index in [0.29, 0.717) is 0 Å². The van der Waals surface area contributed by atoms with Crippen molar-refractivity contribution in [1.82, 2.24) is 0 Å². The Morgan fingerprint density at radius 2 is 1.86 bits per heavy atom. The maximum Gasteiger partial charge on any atom is 0.127 e. The van der Waals surface area contributed by atoms with E-state index in [9.17, 15) is 4.79 Å². The number of hydrogen-bond acceptors (Lipinski definition) is 1. The zero-order chi connectivity index (χ0) is 10.4. The summed E-state index contributed by atoms with van der Waals surface area (Å²) in [6.07, 6.45) is 4.46. The highest BCUT2D eigenvalue weighted by Gasteiger charge is 2.02. The molecule has 1 rings (SSSR count). The second kappa shape index (κ2) is 5.38. The van der Waals surface area contributed by atoms with Crippen LogP contribution < -0.4 is 0 Å². The lowest BCUT2D eigenvalue weighted by Crippen LogP contribution is -2.01. The van der Waals surface area contributed by atoms with Gasteiger partial charge in [0.15, 0.2) is 0 Å². The van der Waals surface area contributed by atoms with Crippen molar-refractivity contribution in [3.8, 4) is 0 Å². The molecule has 0 saturated carbocycles. The number of allylic oxidation sites excluding steroid dienone is 1. The normalized spacial score (nSPS) is 12.1. The van der Waals surface area contributed by atoms with E-state index in [0.717, 1.165) is 19.1 Å². The minimum Gasteiger partial charge on any atom is -0.303 e. The molecule has 0 aliphatic carbocycles. The summed E-state index contributed by atoms with van der Waals surface area (Å²) in [7, 11) is 0. The summed E-state index contributed by atoms with van der Waals surface area (Å²) in [5.74, 6) is -0.0533. The lowest BCUT2D eigenvalue weighted by molar-refractivity contribution is -0.109. The van der Waals surface area contributed by atoms with E-state index < -0.39 is 0 Å². The zero-order valence-corrected chi connectivity index (χ0v) is 8.57. The van der Waals surface area contributed by atoms with Crippen LogP contribution in [0.1, 0.15) is 18.1 Å². The van der Waals surface area contributed by atoms with Gasteiger partial charge in [0.25, 0.3) is 0 Å². The Labute approximate surface area is 85.5 Å². The topological polar surface area (TPSA) is 17.1 Å². The van der Waals surface area contributed by atoms with Crippen LogP contribution >= 0.6 is 0 Å². The third-order valence-corrected chi connectivity index (χ3v) is 2.38. The van der Waals surface area contributed by atoms with Crippen LogP contribution in [0, 0.1) is 5.92 Å². The van der Waals surface area contributed by atoms with Crippen LogP contribution in [0.3, 0.4) is 0 Å². The highest BCUT2D eigenvalue weighted by molar-refractivity contribution is 5.57. The SMILES string of the molecule is C=CC(C=O)Cc1ccc(CC)cc1. The first-order chi connectivity index (χ1) is 6.80. The van der Waals surface area contributed by atoms with Crippen molar-refractivity contribution in [1.29, 1.82) is 0 Å². The van der Waals surface area contributed by atoms with E-state index in [4.69, 9.17) is 0 Å². The van der Waals surface area contributed by atoms with Gasteiger partial charge in [-0.25, -0.2) is 0 Å². The third kappa shape index (κ3) is 2.84. The van der Waals surface area contributed by atoms with Gasteiger partial charge >= 0.3 is 0 Å². The molecule has 0 aliphatic rings. The molecular formula is C13H16O. The first kappa shape index (κ1) is 10.7. The van der Waals surface area contributed by atoms with Crippen molar-refractivity contribution in [3.05, 3.63) is 48.0 Å². The van der Waals surface area contributed by atoms with Crippen molar-refractivity contribution >= 4 is 6.29 Å². The van der Waals surface area contributed by atoms with Crippen molar-refractivity contribution in [2.24, 2.45) is 5.92 Å². The van der Waals surface area contributed by atoms with Gasteiger partial charge in [-0.1, -0.05) is 37.3 Å². The van der Waals surface area contributed by atoms with Gasteiger partial charge in [-0.15, -0.1) is 6.58 Å². The molecule has 0 fully saturated rings. The standard InChI is InChI=1S/C13H16O/c1-3-11-5-7-13(8-6-11)9-12(4-2)10-14/h4-8,10,12H,2-3,9H2,1H3. The molecule has 1 heteroatoms.